The third-order valence-corrected chi connectivity index (χ3v) is 2.43. The molecule has 0 atom stereocenters. The van der Waals surface area contributed by atoms with Gasteiger partial charge >= 0.3 is 10.4 Å². The third-order valence-electron chi connectivity index (χ3n) is 2.05. The van der Waals surface area contributed by atoms with E-state index in [0.29, 0.717) is 5.56 Å². The van der Waals surface area contributed by atoms with E-state index in [1.54, 1.807) is 19.1 Å². The quantitative estimate of drug-likeness (QED) is 0.809. The van der Waals surface area contributed by atoms with Crippen molar-refractivity contribution >= 4 is 10.4 Å². The molecule has 0 radical (unpaired) electrons. The lowest BCUT2D eigenvalue weighted by molar-refractivity contribution is 0.383. The lowest BCUT2D eigenvalue weighted by Crippen LogP contribution is -2.10. The molecule has 15 heavy (non-hydrogen) atoms. The third kappa shape index (κ3) is 3.21. The number of benzene rings is 1. The lowest BCUT2D eigenvalue weighted by Gasteiger charge is -2.13. The molecule has 0 heterocycles. The van der Waals surface area contributed by atoms with Crippen LogP contribution in [0.4, 0.5) is 0 Å². The predicted octanol–water partition coefficient (Wildman–Crippen LogP) is 2.30. The van der Waals surface area contributed by atoms with Crippen LogP contribution >= 0.6 is 0 Å². The average Bonchev–Trinajstić information content (AvgIpc) is 2.05. The summed E-state index contributed by atoms with van der Waals surface area (Å²) in [5.74, 6) is 0.344. The first-order valence-corrected chi connectivity index (χ1v) is 5.94. The number of rotatable bonds is 3. The molecule has 1 rings (SSSR count). The summed E-state index contributed by atoms with van der Waals surface area (Å²) in [4.78, 5) is 0. The van der Waals surface area contributed by atoms with Crippen molar-refractivity contribution in [2.24, 2.45) is 0 Å². The highest BCUT2D eigenvalue weighted by Crippen LogP contribution is 2.30. The van der Waals surface area contributed by atoms with Gasteiger partial charge in [-0.2, -0.15) is 8.42 Å². The summed E-state index contributed by atoms with van der Waals surface area (Å²) >= 11 is 0. The predicted molar refractivity (Wildman–Crippen MR) is 57.4 cm³/mol. The van der Waals surface area contributed by atoms with Gasteiger partial charge in [-0.1, -0.05) is 32.0 Å². The van der Waals surface area contributed by atoms with Crippen LogP contribution in [-0.2, 0) is 10.4 Å². The molecule has 0 aliphatic carbocycles. The van der Waals surface area contributed by atoms with E-state index in [4.69, 9.17) is 4.55 Å². The summed E-state index contributed by atoms with van der Waals surface area (Å²) in [6, 6.07) is 5.33. The second kappa shape index (κ2) is 4.20. The van der Waals surface area contributed by atoms with Crippen molar-refractivity contribution in [1.82, 2.24) is 0 Å². The van der Waals surface area contributed by atoms with Crippen LogP contribution in [0.1, 0.15) is 30.9 Å². The van der Waals surface area contributed by atoms with Gasteiger partial charge in [-0.25, -0.2) is 0 Å². The van der Waals surface area contributed by atoms with E-state index < -0.39 is 10.4 Å². The van der Waals surface area contributed by atoms with Gasteiger partial charge < -0.3 is 4.18 Å². The monoisotopic (exact) mass is 230 g/mol. The molecule has 1 aromatic carbocycles. The van der Waals surface area contributed by atoms with E-state index in [-0.39, 0.29) is 11.7 Å². The van der Waals surface area contributed by atoms with Crippen molar-refractivity contribution in [3.63, 3.8) is 0 Å². The Morgan fingerprint density at radius 2 is 1.93 bits per heavy atom. The number of hydrogen-bond acceptors (Lipinski definition) is 3. The minimum absolute atomic E-state index is 0.127. The molecule has 0 aromatic heterocycles. The van der Waals surface area contributed by atoms with Crippen molar-refractivity contribution in [1.29, 1.82) is 0 Å². The molecule has 5 heteroatoms. The Bertz CT molecular complexity index is 448. The number of aryl methyl sites for hydroxylation is 1. The number of para-hydroxylation sites is 1. The van der Waals surface area contributed by atoms with Gasteiger partial charge in [-0.05, 0) is 24.0 Å². The summed E-state index contributed by atoms with van der Waals surface area (Å²) in [5.41, 5.74) is 1.44. The molecular formula is C10H14O4S. The Morgan fingerprint density at radius 1 is 1.33 bits per heavy atom. The van der Waals surface area contributed by atoms with Gasteiger partial charge in [-0.3, -0.25) is 4.55 Å². The first-order chi connectivity index (χ1) is 6.81. The van der Waals surface area contributed by atoms with E-state index in [2.05, 4.69) is 4.18 Å². The highest BCUT2D eigenvalue weighted by atomic mass is 32.3. The van der Waals surface area contributed by atoms with E-state index in [0.717, 1.165) is 5.56 Å². The molecule has 1 aromatic rings. The highest BCUT2D eigenvalue weighted by molar-refractivity contribution is 7.81. The van der Waals surface area contributed by atoms with Gasteiger partial charge in [0.2, 0.25) is 0 Å². The summed E-state index contributed by atoms with van der Waals surface area (Å²) in [5, 5.41) is 0. The standard InChI is InChI=1S/C10H14O4S/c1-7(2)9-6-4-5-8(3)10(9)14-15(11,12)13/h4-7H,1-3H3,(H,11,12,13). The van der Waals surface area contributed by atoms with Crippen LogP contribution in [0.15, 0.2) is 18.2 Å². The van der Waals surface area contributed by atoms with Crippen LogP contribution in [0.5, 0.6) is 5.75 Å². The fraction of sp³-hybridized carbons (Fsp3) is 0.400. The van der Waals surface area contributed by atoms with Gasteiger partial charge in [0.1, 0.15) is 0 Å². The minimum Gasteiger partial charge on any atom is -0.361 e. The smallest absolute Gasteiger partial charge is 0.361 e. The molecular weight excluding hydrogens is 216 g/mol. The van der Waals surface area contributed by atoms with Gasteiger partial charge in [0.05, 0.1) is 0 Å². The highest BCUT2D eigenvalue weighted by Gasteiger charge is 2.15. The normalized spacial score (nSPS) is 11.8. The maximum atomic E-state index is 10.7. The average molecular weight is 230 g/mol. The summed E-state index contributed by atoms with van der Waals surface area (Å²) in [6.07, 6.45) is 0. The summed E-state index contributed by atoms with van der Waals surface area (Å²) in [7, 11) is -4.46. The van der Waals surface area contributed by atoms with Crippen LogP contribution in [0.2, 0.25) is 0 Å². The largest absolute Gasteiger partial charge is 0.446 e. The van der Waals surface area contributed by atoms with Crippen molar-refractivity contribution in [2.75, 3.05) is 0 Å². The molecule has 84 valence electrons. The first-order valence-electron chi connectivity index (χ1n) is 4.57. The zero-order valence-corrected chi connectivity index (χ0v) is 9.71. The van der Waals surface area contributed by atoms with Crippen LogP contribution < -0.4 is 4.18 Å². The Balaban J connectivity index is 3.25. The molecule has 0 saturated carbocycles. The second-order valence-electron chi connectivity index (χ2n) is 3.66. The lowest BCUT2D eigenvalue weighted by atomic mass is 10.00. The van der Waals surface area contributed by atoms with E-state index in [9.17, 15) is 8.42 Å². The molecule has 4 nitrogen and oxygen atoms in total. The Labute approximate surface area is 89.8 Å². The van der Waals surface area contributed by atoms with Gasteiger partial charge in [0.25, 0.3) is 0 Å². The molecule has 0 saturated heterocycles. The van der Waals surface area contributed by atoms with Gasteiger partial charge in [-0.15, -0.1) is 0 Å². The zero-order chi connectivity index (χ0) is 11.6. The Morgan fingerprint density at radius 3 is 2.40 bits per heavy atom. The topological polar surface area (TPSA) is 63.6 Å². The van der Waals surface area contributed by atoms with Crippen molar-refractivity contribution in [3.8, 4) is 5.75 Å². The molecule has 0 bridgehead atoms. The van der Waals surface area contributed by atoms with Crippen LogP contribution in [0.3, 0.4) is 0 Å². The van der Waals surface area contributed by atoms with Crippen LogP contribution in [0, 0.1) is 6.92 Å². The SMILES string of the molecule is Cc1cccc(C(C)C)c1OS(=O)(=O)O. The first kappa shape index (κ1) is 12.0. The van der Waals surface area contributed by atoms with Crippen molar-refractivity contribution in [2.45, 2.75) is 26.7 Å². The number of hydrogen-bond donors (Lipinski definition) is 1. The maximum Gasteiger partial charge on any atom is 0.446 e. The Kier molecular flexibility index (Phi) is 3.36. The molecule has 0 fully saturated rings. The molecule has 1 N–H and O–H groups in total. The molecule has 0 aliphatic rings. The fourth-order valence-electron chi connectivity index (χ4n) is 1.35. The van der Waals surface area contributed by atoms with Gasteiger partial charge in [0.15, 0.2) is 5.75 Å². The molecule has 0 amide bonds. The van der Waals surface area contributed by atoms with E-state index in [1.807, 2.05) is 19.9 Å². The summed E-state index contributed by atoms with van der Waals surface area (Å²) < 4.78 is 34.5. The van der Waals surface area contributed by atoms with Crippen molar-refractivity contribution in [3.05, 3.63) is 29.3 Å². The molecule has 0 aliphatic heterocycles. The summed E-state index contributed by atoms with van der Waals surface area (Å²) in [6.45, 7) is 5.57. The second-order valence-corrected chi connectivity index (χ2v) is 4.68. The minimum atomic E-state index is -4.46. The maximum absolute atomic E-state index is 10.7. The molecule has 0 unspecified atom stereocenters. The zero-order valence-electron chi connectivity index (χ0n) is 8.89. The van der Waals surface area contributed by atoms with Crippen LogP contribution in [-0.4, -0.2) is 13.0 Å². The Hall–Kier alpha value is -1.07. The van der Waals surface area contributed by atoms with Gasteiger partial charge in [0, 0.05) is 0 Å². The molecule has 0 spiro atoms. The van der Waals surface area contributed by atoms with E-state index in [1.165, 1.54) is 0 Å². The fourth-order valence-corrected chi connectivity index (χ4v) is 1.79. The van der Waals surface area contributed by atoms with Crippen LogP contribution in [0.25, 0.3) is 0 Å². The van der Waals surface area contributed by atoms with E-state index >= 15 is 0 Å². The van der Waals surface area contributed by atoms with Crippen molar-refractivity contribution < 1.29 is 17.2 Å².